The van der Waals surface area contributed by atoms with Crippen molar-refractivity contribution in [2.45, 2.75) is 58.3 Å². The van der Waals surface area contributed by atoms with Gasteiger partial charge in [-0.25, -0.2) is 0 Å². The second-order valence-corrected chi connectivity index (χ2v) is 7.98. The van der Waals surface area contributed by atoms with E-state index in [1.54, 1.807) is 18.2 Å². The minimum absolute atomic E-state index is 0.187. The molecule has 0 aliphatic carbocycles. The molecule has 0 saturated carbocycles. The van der Waals surface area contributed by atoms with E-state index < -0.39 is 0 Å². The van der Waals surface area contributed by atoms with Gasteiger partial charge in [0.05, 0.1) is 0 Å². The van der Waals surface area contributed by atoms with Crippen LogP contribution in [0.2, 0.25) is 0 Å². The van der Waals surface area contributed by atoms with E-state index >= 15 is 0 Å². The highest BCUT2D eigenvalue weighted by Crippen LogP contribution is 2.39. The third-order valence-corrected chi connectivity index (χ3v) is 5.72. The maximum Gasteiger partial charge on any atom is 0.119 e. The summed E-state index contributed by atoms with van der Waals surface area (Å²) < 4.78 is 0. The summed E-state index contributed by atoms with van der Waals surface area (Å²) >= 11 is 0. The molecule has 3 aromatic carbocycles. The molecule has 0 saturated heterocycles. The highest BCUT2D eigenvalue weighted by atomic mass is 16.3. The standard InChI is InChI=1S/C27H32O3/c1-3-5-9-19-17-21(13-15-24(19)28)27(23-11-7-8-12-26(23)30)22-14-16-25(29)20(18-22)10-6-4-2/h7-8,11-18,27-30H,3-6,9-10H2,1-2H3. The molecule has 0 atom stereocenters. The van der Waals surface area contributed by atoms with Gasteiger partial charge >= 0.3 is 0 Å². The van der Waals surface area contributed by atoms with Crippen LogP contribution in [0.5, 0.6) is 17.2 Å². The molecular formula is C27H32O3. The highest BCUT2D eigenvalue weighted by Gasteiger charge is 2.22. The van der Waals surface area contributed by atoms with Gasteiger partial charge in [-0.3, -0.25) is 0 Å². The predicted octanol–water partition coefficient (Wildman–Crippen LogP) is 6.67. The molecule has 3 aromatic rings. The van der Waals surface area contributed by atoms with Crippen LogP contribution in [0.1, 0.15) is 73.3 Å². The van der Waals surface area contributed by atoms with Crippen molar-refractivity contribution in [2.75, 3.05) is 0 Å². The number of phenols is 3. The molecule has 0 aliphatic heterocycles. The highest BCUT2D eigenvalue weighted by molar-refractivity contribution is 5.52. The van der Waals surface area contributed by atoms with Gasteiger partial charge in [-0.15, -0.1) is 0 Å². The third-order valence-electron chi connectivity index (χ3n) is 5.72. The molecule has 158 valence electrons. The Bertz CT molecular complexity index is 920. The van der Waals surface area contributed by atoms with Crippen molar-refractivity contribution in [3.63, 3.8) is 0 Å². The quantitative estimate of drug-likeness (QED) is 0.349. The first-order chi connectivity index (χ1) is 14.5. The van der Waals surface area contributed by atoms with Crippen LogP contribution < -0.4 is 0 Å². The number of hydrogen-bond donors (Lipinski definition) is 3. The summed E-state index contributed by atoms with van der Waals surface area (Å²) in [6, 6.07) is 18.9. The van der Waals surface area contributed by atoms with Crippen LogP contribution >= 0.6 is 0 Å². The van der Waals surface area contributed by atoms with Crippen molar-refractivity contribution in [2.24, 2.45) is 0 Å². The number of aryl methyl sites for hydroxylation is 2. The first kappa shape index (κ1) is 21.8. The molecule has 0 radical (unpaired) electrons. The lowest BCUT2D eigenvalue weighted by Gasteiger charge is -2.22. The molecule has 0 bridgehead atoms. The Kier molecular flexibility index (Phi) is 7.40. The molecule has 0 amide bonds. The maximum atomic E-state index is 10.6. The van der Waals surface area contributed by atoms with Crippen molar-refractivity contribution in [1.82, 2.24) is 0 Å². The largest absolute Gasteiger partial charge is 0.508 e. The van der Waals surface area contributed by atoms with Gasteiger partial charge < -0.3 is 15.3 Å². The van der Waals surface area contributed by atoms with Gasteiger partial charge in [0.1, 0.15) is 17.2 Å². The van der Waals surface area contributed by atoms with Gasteiger partial charge in [0, 0.05) is 11.5 Å². The Morgan fingerprint density at radius 1 is 0.633 bits per heavy atom. The zero-order valence-electron chi connectivity index (χ0n) is 17.9. The van der Waals surface area contributed by atoms with Crippen LogP contribution in [0.3, 0.4) is 0 Å². The average molecular weight is 405 g/mol. The maximum absolute atomic E-state index is 10.6. The van der Waals surface area contributed by atoms with Crippen molar-refractivity contribution < 1.29 is 15.3 Å². The van der Waals surface area contributed by atoms with Crippen molar-refractivity contribution in [3.8, 4) is 17.2 Å². The lowest BCUT2D eigenvalue weighted by atomic mass is 9.82. The van der Waals surface area contributed by atoms with Crippen LogP contribution in [-0.2, 0) is 12.8 Å². The molecule has 3 rings (SSSR count). The molecule has 3 N–H and O–H groups in total. The van der Waals surface area contributed by atoms with E-state index in [0.717, 1.165) is 66.3 Å². The van der Waals surface area contributed by atoms with E-state index in [0.29, 0.717) is 11.5 Å². The summed E-state index contributed by atoms with van der Waals surface area (Å²) in [5.41, 5.74) is 4.72. The minimum atomic E-state index is -0.187. The molecule has 0 spiro atoms. The zero-order valence-corrected chi connectivity index (χ0v) is 17.9. The second-order valence-electron chi connectivity index (χ2n) is 7.98. The molecule has 0 aromatic heterocycles. The normalized spacial score (nSPS) is 11.2. The molecule has 0 unspecified atom stereocenters. The smallest absolute Gasteiger partial charge is 0.119 e. The summed E-state index contributed by atoms with van der Waals surface area (Å²) in [4.78, 5) is 0. The lowest BCUT2D eigenvalue weighted by molar-refractivity contribution is 0.464. The third kappa shape index (κ3) is 4.96. The summed E-state index contributed by atoms with van der Waals surface area (Å²) in [5.74, 6) is 0.692. The SMILES string of the molecule is CCCCc1cc(C(c2ccc(O)c(CCCC)c2)c2ccccc2O)ccc1O. The fourth-order valence-corrected chi connectivity index (χ4v) is 3.99. The molecule has 0 aliphatic rings. The number of hydrogen-bond acceptors (Lipinski definition) is 3. The van der Waals surface area contributed by atoms with Gasteiger partial charge in [-0.2, -0.15) is 0 Å². The van der Waals surface area contributed by atoms with Crippen LogP contribution in [-0.4, -0.2) is 15.3 Å². The van der Waals surface area contributed by atoms with E-state index in [4.69, 9.17) is 0 Å². The van der Waals surface area contributed by atoms with Gasteiger partial charge in [0.2, 0.25) is 0 Å². The van der Waals surface area contributed by atoms with Crippen LogP contribution in [0.15, 0.2) is 60.7 Å². The van der Waals surface area contributed by atoms with E-state index in [1.807, 2.05) is 30.3 Å². The molecule has 0 heterocycles. The second kappa shape index (κ2) is 10.2. The number of para-hydroxylation sites is 1. The average Bonchev–Trinajstić information content (AvgIpc) is 2.75. The Balaban J connectivity index is 2.13. The van der Waals surface area contributed by atoms with Gasteiger partial charge in [-0.1, -0.05) is 69.2 Å². The topological polar surface area (TPSA) is 60.7 Å². The van der Waals surface area contributed by atoms with Gasteiger partial charge in [0.25, 0.3) is 0 Å². The van der Waals surface area contributed by atoms with E-state index in [-0.39, 0.29) is 11.7 Å². The van der Waals surface area contributed by atoms with Gasteiger partial charge in [0.15, 0.2) is 0 Å². The number of aromatic hydroxyl groups is 3. The summed E-state index contributed by atoms with van der Waals surface area (Å²) in [6.45, 7) is 4.28. The Hall–Kier alpha value is -2.94. The Labute approximate surface area is 179 Å². The van der Waals surface area contributed by atoms with Crippen LogP contribution in [0.25, 0.3) is 0 Å². The van der Waals surface area contributed by atoms with Crippen molar-refractivity contribution in [3.05, 3.63) is 88.5 Å². The summed E-state index contributed by atoms with van der Waals surface area (Å²) in [5, 5.41) is 31.3. The fourth-order valence-electron chi connectivity index (χ4n) is 3.99. The molecule has 3 heteroatoms. The first-order valence-corrected chi connectivity index (χ1v) is 11.0. The van der Waals surface area contributed by atoms with Crippen LogP contribution in [0, 0.1) is 0 Å². The lowest BCUT2D eigenvalue weighted by Crippen LogP contribution is -2.06. The van der Waals surface area contributed by atoms with Gasteiger partial charge in [-0.05, 0) is 66.1 Å². The number of benzene rings is 3. The molecule has 0 fully saturated rings. The van der Waals surface area contributed by atoms with E-state index in [1.165, 1.54) is 0 Å². The number of unbranched alkanes of at least 4 members (excludes halogenated alkanes) is 2. The number of rotatable bonds is 9. The van der Waals surface area contributed by atoms with E-state index in [2.05, 4.69) is 26.0 Å². The summed E-state index contributed by atoms with van der Waals surface area (Å²) in [7, 11) is 0. The predicted molar refractivity (Wildman–Crippen MR) is 122 cm³/mol. The zero-order chi connectivity index (χ0) is 21.5. The van der Waals surface area contributed by atoms with E-state index in [9.17, 15) is 15.3 Å². The van der Waals surface area contributed by atoms with Crippen molar-refractivity contribution >= 4 is 0 Å². The Morgan fingerprint density at radius 2 is 1.13 bits per heavy atom. The summed E-state index contributed by atoms with van der Waals surface area (Å²) in [6.07, 6.45) is 5.79. The monoisotopic (exact) mass is 404 g/mol. The fraction of sp³-hybridized carbons (Fsp3) is 0.333. The minimum Gasteiger partial charge on any atom is -0.508 e. The molecule has 30 heavy (non-hydrogen) atoms. The molecule has 3 nitrogen and oxygen atoms in total. The number of phenolic OH excluding ortho intramolecular Hbond substituents is 3. The molecular weight excluding hydrogens is 372 g/mol. The first-order valence-electron chi connectivity index (χ1n) is 11.0. The Morgan fingerprint density at radius 3 is 1.60 bits per heavy atom. The van der Waals surface area contributed by atoms with Crippen LogP contribution in [0.4, 0.5) is 0 Å². The van der Waals surface area contributed by atoms with Crippen molar-refractivity contribution in [1.29, 1.82) is 0 Å².